The number of hydrogen-bond acceptors (Lipinski definition) is 4. The van der Waals surface area contributed by atoms with E-state index in [1.54, 1.807) is 11.8 Å². The minimum atomic E-state index is -2.96. The van der Waals surface area contributed by atoms with Gasteiger partial charge in [-0.1, -0.05) is 6.92 Å². The van der Waals surface area contributed by atoms with Crippen molar-refractivity contribution >= 4 is 27.1 Å². The average Bonchev–Trinajstić information content (AvgIpc) is 2.92. The Labute approximate surface area is 112 Å². The molecule has 0 aromatic carbocycles. The molecule has 4 nitrogen and oxygen atoms in total. The van der Waals surface area contributed by atoms with Gasteiger partial charge in [0, 0.05) is 24.2 Å². The first-order chi connectivity index (χ1) is 8.54. The number of thiophene rings is 1. The van der Waals surface area contributed by atoms with E-state index >= 15 is 0 Å². The summed E-state index contributed by atoms with van der Waals surface area (Å²) >= 11 is 1.50. The second kappa shape index (κ2) is 5.40. The van der Waals surface area contributed by atoms with Crippen molar-refractivity contribution in [2.45, 2.75) is 25.0 Å². The largest absolute Gasteiger partial charge is 0.339 e. The highest BCUT2D eigenvalue weighted by Crippen LogP contribution is 2.20. The summed E-state index contributed by atoms with van der Waals surface area (Å²) in [5.74, 6) is 0.208. The van der Waals surface area contributed by atoms with Gasteiger partial charge in [-0.25, -0.2) is 8.42 Å². The van der Waals surface area contributed by atoms with Gasteiger partial charge >= 0.3 is 0 Å². The Kier molecular flexibility index (Phi) is 4.07. The summed E-state index contributed by atoms with van der Waals surface area (Å²) < 4.78 is 23.5. The van der Waals surface area contributed by atoms with Crippen molar-refractivity contribution in [3.8, 4) is 0 Å². The van der Waals surface area contributed by atoms with Crippen molar-refractivity contribution in [2.24, 2.45) is 0 Å². The Morgan fingerprint density at radius 3 is 2.61 bits per heavy atom. The molecule has 1 amide bonds. The van der Waals surface area contributed by atoms with E-state index in [0.717, 1.165) is 0 Å². The third-order valence-electron chi connectivity index (χ3n) is 3.41. The van der Waals surface area contributed by atoms with Gasteiger partial charge in [0.2, 0.25) is 0 Å². The maximum Gasteiger partial charge on any atom is 0.254 e. The maximum atomic E-state index is 12.1. The van der Waals surface area contributed by atoms with E-state index < -0.39 is 9.84 Å². The van der Waals surface area contributed by atoms with E-state index in [0.29, 0.717) is 31.5 Å². The molecular formula is C12H17NO3S2. The Bertz CT molecular complexity index is 499. The van der Waals surface area contributed by atoms with Gasteiger partial charge in [-0.05, 0) is 24.3 Å². The van der Waals surface area contributed by atoms with Crippen molar-refractivity contribution in [1.82, 2.24) is 4.90 Å². The predicted octanol–water partition coefficient (Wildman–Crippen LogP) is 1.79. The first-order valence-corrected chi connectivity index (χ1v) is 8.73. The highest BCUT2D eigenvalue weighted by atomic mass is 32.2. The van der Waals surface area contributed by atoms with Crippen molar-refractivity contribution in [3.05, 3.63) is 22.4 Å². The van der Waals surface area contributed by atoms with Crippen LogP contribution in [0.25, 0.3) is 0 Å². The molecule has 0 saturated carbocycles. The molecule has 1 aromatic heterocycles. The van der Waals surface area contributed by atoms with Gasteiger partial charge in [0.05, 0.1) is 10.8 Å². The lowest BCUT2D eigenvalue weighted by Crippen LogP contribution is -2.42. The fourth-order valence-electron chi connectivity index (χ4n) is 2.22. The molecule has 18 heavy (non-hydrogen) atoms. The normalized spacial score (nSPS) is 17.9. The van der Waals surface area contributed by atoms with Crippen molar-refractivity contribution in [3.63, 3.8) is 0 Å². The summed E-state index contributed by atoms with van der Waals surface area (Å²) in [6.45, 7) is 2.76. The lowest BCUT2D eigenvalue weighted by Gasteiger charge is -2.31. The number of sulfone groups is 1. The van der Waals surface area contributed by atoms with Crippen LogP contribution >= 0.6 is 11.3 Å². The number of rotatable bonds is 3. The van der Waals surface area contributed by atoms with Gasteiger partial charge in [0.1, 0.15) is 0 Å². The van der Waals surface area contributed by atoms with E-state index in [9.17, 15) is 13.2 Å². The Hall–Kier alpha value is -0.880. The summed E-state index contributed by atoms with van der Waals surface area (Å²) in [5, 5.41) is 3.44. The number of carbonyl (C=O) groups is 1. The number of piperidine rings is 1. The zero-order valence-corrected chi connectivity index (χ0v) is 12.0. The Morgan fingerprint density at radius 2 is 2.11 bits per heavy atom. The van der Waals surface area contributed by atoms with E-state index in [-0.39, 0.29) is 16.9 Å². The minimum Gasteiger partial charge on any atom is -0.339 e. The lowest BCUT2D eigenvalue weighted by atomic mass is 10.1. The van der Waals surface area contributed by atoms with Crippen LogP contribution in [0.5, 0.6) is 0 Å². The molecule has 1 saturated heterocycles. The van der Waals surface area contributed by atoms with Crippen LogP contribution in [-0.2, 0) is 9.84 Å². The average molecular weight is 287 g/mol. The standard InChI is InChI=1S/C12H17NO3S2/c1-2-18(15,16)11-3-6-13(7-4-11)12(14)10-5-8-17-9-10/h5,8-9,11H,2-4,6-7H2,1H3. The quantitative estimate of drug-likeness (QED) is 0.851. The highest BCUT2D eigenvalue weighted by molar-refractivity contribution is 7.92. The molecule has 6 heteroatoms. The van der Waals surface area contributed by atoms with Crippen molar-refractivity contribution < 1.29 is 13.2 Å². The molecule has 0 N–H and O–H groups in total. The fraction of sp³-hybridized carbons (Fsp3) is 0.583. The van der Waals surface area contributed by atoms with Gasteiger partial charge in [-0.3, -0.25) is 4.79 Å². The van der Waals surface area contributed by atoms with Crippen LogP contribution in [0.4, 0.5) is 0 Å². The van der Waals surface area contributed by atoms with Gasteiger partial charge in [-0.2, -0.15) is 11.3 Å². The molecule has 2 rings (SSSR count). The number of amides is 1. The zero-order valence-electron chi connectivity index (χ0n) is 10.3. The van der Waals surface area contributed by atoms with Crippen LogP contribution in [0.3, 0.4) is 0 Å². The first kappa shape index (κ1) is 13.5. The molecule has 2 heterocycles. The molecule has 0 unspecified atom stereocenters. The fourth-order valence-corrected chi connectivity index (χ4v) is 4.25. The topological polar surface area (TPSA) is 54.5 Å². The van der Waals surface area contributed by atoms with E-state index in [1.165, 1.54) is 11.3 Å². The van der Waals surface area contributed by atoms with Gasteiger partial charge < -0.3 is 4.90 Å². The molecule has 1 aliphatic heterocycles. The molecule has 0 bridgehead atoms. The molecule has 0 atom stereocenters. The van der Waals surface area contributed by atoms with E-state index in [2.05, 4.69) is 0 Å². The van der Waals surface area contributed by atoms with Crippen LogP contribution in [0, 0.1) is 0 Å². The number of likely N-dealkylation sites (tertiary alicyclic amines) is 1. The smallest absolute Gasteiger partial charge is 0.254 e. The summed E-state index contributed by atoms with van der Waals surface area (Å²) in [4.78, 5) is 13.8. The molecule has 100 valence electrons. The third kappa shape index (κ3) is 2.75. The summed E-state index contributed by atoms with van der Waals surface area (Å²) in [6.07, 6.45) is 1.12. The molecule has 1 fully saturated rings. The number of hydrogen-bond donors (Lipinski definition) is 0. The zero-order chi connectivity index (χ0) is 13.2. The van der Waals surface area contributed by atoms with E-state index in [4.69, 9.17) is 0 Å². The summed E-state index contributed by atoms with van der Waals surface area (Å²) in [6, 6.07) is 1.81. The van der Waals surface area contributed by atoms with E-state index in [1.807, 2.05) is 16.8 Å². The SMILES string of the molecule is CCS(=O)(=O)C1CCN(C(=O)c2ccsc2)CC1. The second-order valence-electron chi connectivity index (χ2n) is 4.46. The van der Waals surface area contributed by atoms with Gasteiger partial charge in [-0.15, -0.1) is 0 Å². The monoisotopic (exact) mass is 287 g/mol. The third-order valence-corrected chi connectivity index (χ3v) is 6.38. The highest BCUT2D eigenvalue weighted by Gasteiger charge is 2.30. The van der Waals surface area contributed by atoms with Crippen molar-refractivity contribution in [2.75, 3.05) is 18.8 Å². The van der Waals surface area contributed by atoms with Crippen LogP contribution < -0.4 is 0 Å². The number of nitrogens with zero attached hydrogens (tertiary/aromatic N) is 1. The molecular weight excluding hydrogens is 270 g/mol. The molecule has 0 spiro atoms. The molecule has 1 aromatic rings. The van der Waals surface area contributed by atoms with Crippen molar-refractivity contribution in [1.29, 1.82) is 0 Å². The minimum absolute atomic E-state index is 0.0172. The summed E-state index contributed by atoms with van der Waals surface area (Å²) in [5.41, 5.74) is 0.705. The lowest BCUT2D eigenvalue weighted by molar-refractivity contribution is 0.0726. The summed E-state index contributed by atoms with van der Waals surface area (Å²) in [7, 11) is -2.96. The maximum absolute atomic E-state index is 12.1. The molecule has 0 radical (unpaired) electrons. The van der Waals surface area contributed by atoms with Crippen LogP contribution in [0.15, 0.2) is 16.8 Å². The molecule has 1 aliphatic rings. The van der Waals surface area contributed by atoms with Crippen LogP contribution in [0.2, 0.25) is 0 Å². The second-order valence-corrected chi connectivity index (χ2v) is 7.80. The van der Waals surface area contributed by atoms with Crippen LogP contribution in [-0.4, -0.2) is 43.3 Å². The van der Waals surface area contributed by atoms with Gasteiger partial charge in [0.25, 0.3) is 5.91 Å². The Morgan fingerprint density at radius 1 is 1.44 bits per heavy atom. The molecule has 0 aliphatic carbocycles. The van der Waals surface area contributed by atoms with Crippen LogP contribution in [0.1, 0.15) is 30.1 Å². The number of carbonyl (C=O) groups excluding carboxylic acids is 1. The Balaban J connectivity index is 1.97. The van der Waals surface area contributed by atoms with Gasteiger partial charge in [0.15, 0.2) is 9.84 Å². The predicted molar refractivity (Wildman–Crippen MR) is 72.7 cm³/mol. The first-order valence-electron chi connectivity index (χ1n) is 6.07.